The molecule has 0 bridgehead atoms. The molecule has 4 rings (SSSR count). The zero-order chi connectivity index (χ0) is 24.7. The fourth-order valence-corrected chi connectivity index (χ4v) is 9.99. The van der Waals surface area contributed by atoms with Crippen LogP contribution in [0.3, 0.4) is 0 Å². The van der Waals surface area contributed by atoms with Gasteiger partial charge in [-0.2, -0.15) is 0 Å². The third kappa shape index (κ3) is 5.74. The van der Waals surface area contributed by atoms with E-state index in [0.29, 0.717) is 6.42 Å². The van der Waals surface area contributed by atoms with Crippen molar-refractivity contribution >= 4 is 29.0 Å². The van der Waals surface area contributed by atoms with Gasteiger partial charge in [0.1, 0.15) is 23.2 Å². The Morgan fingerprint density at radius 2 is 1.31 bits per heavy atom. The lowest BCUT2D eigenvalue weighted by Gasteiger charge is -2.32. The molecule has 3 aromatic carbocycles. The Labute approximate surface area is 212 Å². The minimum Gasteiger partial charge on any atom is -0.295 e. The van der Waals surface area contributed by atoms with E-state index in [0.717, 1.165) is 19.0 Å². The molecular weight excluding hydrogens is 443 g/mol. The van der Waals surface area contributed by atoms with Crippen molar-refractivity contribution < 1.29 is 4.79 Å². The Morgan fingerprint density at radius 3 is 1.77 bits per heavy atom. The molecule has 0 N–H and O–H groups in total. The van der Waals surface area contributed by atoms with E-state index in [1.807, 2.05) is 6.08 Å². The van der Waals surface area contributed by atoms with Gasteiger partial charge in [-0.05, 0) is 86.1 Å². The Hall–Kier alpha value is -2.76. The van der Waals surface area contributed by atoms with Gasteiger partial charge in [0, 0.05) is 6.42 Å². The van der Waals surface area contributed by atoms with E-state index in [1.54, 1.807) is 0 Å². The molecule has 1 aliphatic carbocycles. The quantitative estimate of drug-likeness (QED) is 0.230. The first-order valence-electron chi connectivity index (χ1n) is 12.9. The summed E-state index contributed by atoms with van der Waals surface area (Å²) in [5.41, 5.74) is 2.96. The molecule has 0 atom stereocenters. The van der Waals surface area contributed by atoms with Gasteiger partial charge in [0.2, 0.25) is 0 Å². The van der Waals surface area contributed by atoms with Crippen LogP contribution in [-0.4, -0.2) is 11.9 Å². The third-order valence-corrected chi connectivity index (χ3v) is 12.0. The normalized spacial score (nSPS) is 16.0. The van der Waals surface area contributed by atoms with Gasteiger partial charge in [-0.15, -0.1) is 0 Å². The highest BCUT2D eigenvalue weighted by Crippen LogP contribution is 2.55. The predicted molar refractivity (Wildman–Crippen MR) is 154 cm³/mol. The van der Waals surface area contributed by atoms with Crippen molar-refractivity contribution in [1.82, 2.24) is 0 Å². The molecule has 3 aromatic rings. The molecule has 0 saturated carbocycles. The predicted octanol–water partition coefficient (Wildman–Crippen LogP) is 7.41. The average molecular weight is 482 g/mol. The Balaban J connectivity index is 1.60. The molecule has 0 aliphatic heterocycles. The smallest absolute Gasteiger partial charge is 0.155 e. The molecule has 0 heterocycles. The van der Waals surface area contributed by atoms with Crippen molar-refractivity contribution in [2.24, 2.45) is 5.41 Å². The lowest BCUT2D eigenvalue weighted by molar-refractivity contribution is -0.114. The summed E-state index contributed by atoms with van der Waals surface area (Å²) in [6.45, 7) is 6.83. The number of rotatable bonds is 9. The first-order valence-corrected chi connectivity index (χ1v) is 14.9. The summed E-state index contributed by atoms with van der Waals surface area (Å²) in [5.74, 6) is 0.235. The van der Waals surface area contributed by atoms with Crippen molar-refractivity contribution in [3.8, 4) is 0 Å². The first kappa shape index (κ1) is 25.3. The second kappa shape index (κ2) is 11.3. The number of ketones is 1. The lowest BCUT2D eigenvalue weighted by atomic mass is 9.72. The van der Waals surface area contributed by atoms with Gasteiger partial charge in [-0.1, -0.05) is 80.1 Å². The number of hydrogen-bond acceptors (Lipinski definition) is 1. The molecule has 1 nitrogen and oxygen atoms in total. The molecule has 180 valence electrons. The second-order valence-electron chi connectivity index (χ2n) is 10.4. The van der Waals surface area contributed by atoms with E-state index in [4.69, 9.17) is 0 Å². The van der Waals surface area contributed by atoms with Gasteiger partial charge in [0.05, 0.1) is 6.16 Å². The van der Waals surface area contributed by atoms with E-state index >= 15 is 0 Å². The van der Waals surface area contributed by atoms with Crippen molar-refractivity contribution in [2.75, 3.05) is 6.16 Å². The number of carbonyl (C=O) groups is 1. The van der Waals surface area contributed by atoms with Crippen molar-refractivity contribution in [3.63, 3.8) is 0 Å². The summed E-state index contributed by atoms with van der Waals surface area (Å²) in [4.78, 5) is 13.0. The van der Waals surface area contributed by atoms with Crippen LogP contribution in [-0.2, 0) is 4.79 Å². The maximum atomic E-state index is 13.0. The first-order chi connectivity index (χ1) is 16.9. The van der Waals surface area contributed by atoms with Crippen molar-refractivity contribution in [1.29, 1.82) is 0 Å². The largest absolute Gasteiger partial charge is 0.295 e. The zero-order valence-corrected chi connectivity index (χ0v) is 22.3. The Morgan fingerprint density at radius 1 is 0.829 bits per heavy atom. The van der Waals surface area contributed by atoms with Crippen molar-refractivity contribution in [3.05, 3.63) is 114 Å². The van der Waals surface area contributed by atoms with Crippen LogP contribution < -0.4 is 15.9 Å². The SMILES string of the molecule is CC1=C(/C=C/C(=O)CCC[P+](c2ccccc2)(c2ccccc2)c2ccccc2)C(C)(C)CCC1. The van der Waals surface area contributed by atoms with E-state index in [1.165, 1.54) is 39.9 Å². The van der Waals surface area contributed by atoms with Gasteiger partial charge >= 0.3 is 0 Å². The van der Waals surface area contributed by atoms with E-state index < -0.39 is 7.26 Å². The highest BCUT2D eigenvalue weighted by Gasteiger charge is 2.44. The van der Waals surface area contributed by atoms with Gasteiger partial charge in [-0.3, -0.25) is 4.79 Å². The highest BCUT2D eigenvalue weighted by molar-refractivity contribution is 7.95. The average Bonchev–Trinajstić information content (AvgIpc) is 2.88. The molecule has 1 aliphatic rings. The molecule has 0 unspecified atom stereocenters. The van der Waals surface area contributed by atoms with E-state index in [-0.39, 0.29) is 11.2 Å². The van der Waals surface area contributed by atoms with Crippen LogP contribution in [0.4, 0.5) is 0 Å². The van der Waals surface area contributed by atoms with Crippen LogP contribution in [0, 0.1) is 5.41 Å². The lowest BCUT2D eigenvalue weighted by Crippen LogP contribution is -2.33. The maximum Gasteiger partial charge on any atom is 0.155 e. The zero-order valence-electron chi connectivity index (χ0n) is 21.4. The van der Waals surface area contributed by atoms with Crippen LogP contribution in [0.5, 0.6) is 0 Å². The van der Waals surface area contributed by atoms with Gasteiger partial charge < -0.3 is 0 Å². The fourth-order valence-electron chi connectivity index (χ4n) is 5.64. The van der Waals surface area contributed by atoms with Crippen LogP contribution in [0.1, 0.15) is 52.9 Å². The molecule has 35 heavy (non-hydrogen) atoms. The topological polar surface area (TPSA) is 17.1 Å². The molecule has 0 fully saturated rings. The fraction of sp³-hybridized carbons (Fsp3) is 0.303. The summed E-state index contributed by atoms with van der Waals surface area (Å²) in [6.07, 6.45) is 9.98. The standard InChI is InChI=1S/C33H38OP/c1-27-15-13-25-33(2,3)32(27)24-23-28(34)16-14-26-35(29-17-7-4-8-18-29,30-19-9-5-10-20-30)31-21-11-6-12-22-31/h4-12,17-24H,13-16,25-26H2,1-3H3/q+1/b24-23+. The van der Waals surface area contributed by atoms with Gasteiger partial charge in [0.25, 0.3) is 0 Å². The highest BCUT2D eigenvalue weighted by atomic mass is 31.2. The van der Waals surface area contributed by atoms with Crippen LogP contribution in [0.25, 0.3) is 0 Å². The third-order valence-electron chi connectivity index (χ3n) is 7.49. The van der Waals surface area contributed by atoms with Crippen LogP contribution in [0.2, 0.25) is 0 Å². The second-order valence-corrected chi connectivity index (χ2v) is 14.0. The number of carbonyl (C=O) groups excluding carboxylic acids is 1. The van der Waals surface area contributed by atoms with Crippen LogP contribution >= 0.6 is 7.26 Å². The summed E-state index contributed by atoms with van der Waals surface area (Å²) in [7, 11) is -1.87. The molecule has 2 heteroatoms. The Bertz CT molecular complexity index is 1080. The number of hydrogen-bond donors (Lipinski definition) is 0. The monoisotopic (exact) mass is 481 g/mol. The van der Waals surface area contributed by atoms with Crippen LogP contribution in [0.15, 0.2) is 114 Å². The molecule has 0 aromatic heterocycles. The molecule has 0 saturated heterocycles. The molecule has 0 spiro atoms. The number of allylic oxidation sites excluding steroid dienone is 4. The van der Waals surface area contributed by atoms with E-state index in [2.05, 4.69) is 118 Å². The molecule has 0 radical (unpaired) electrons. The minimum atomic E-state index is -1.87. The van der Waals surface area contributed by atoms with Gasteiger partial charge in [0.15, 0.2) is 5.78 Å². The minimum absolute atomic E-state index is 0.160. The molecular formula is C33H38OP+. The molecule has 0 amide bonds. The van der Waals surface area contributed by atoms with Gasteiger partial charge in [-0.25, -0.2) is 0 Å². The summed E-state index contributed by atoms with van der Waals surface area (Å²) >= 11 is 0. The summed E-state index contributed by atoms with van der Waals surface area (Å²) in [5, 5.41) is 4.14. The van der Waals surface area contributed by atoms with E-state index in [9.17, 15) is 4.79 Å². The maximum absolute atomic E-state index is 13.0. The summed E-state index contributed by atoms with van der Waals surface area (Å²) in [6, 6.07) is 32.8. The summed E-state index contributed by atoms with van der Waals surface area (Å²) < 4.78 is 0. The Kier molecular flexibility index (Phi) is 8.19. The number of benzene rings is 3. The van der Waals surface area contributed by atoms with Crippen molar-refractivity contribution in [2.45, 2.75) is 52.9 Å².